The van der Waals surface area contributed by atoms with Crippen molar-refractivity contribution in [1.29, 1.82) is 0 Å². The maximum atomic E-state index is 11.3. The lowest BCUT2D eigenvalue weighted by atomic mass is 9.85. The molecule has 2 saturated heterocycles. The van der Waals surface area contributed by atoms with Crippen LogP contribution < -0.4 is 11.1 Å². The number of piperidine rings is 2. The Kier molecular flexibility index (Phi) is 3.70. The van der Waals surface area contributed by atoms with E-state index in [1.807, 2.05) is 6.92 Å². The molecule has 3 atom stereocenters. The maximum Gasteiger partial charge on any atom is 0.221 e. The summed E-state index contributed by atoms with van der Waals surface area (Å²) >= 11 is 0. The van der Waals surface area contributed by atoms with Gasteiger partial charge >= 0.3 is 0 Å². The summed E-state index contributed by atoms with van der Waals surface area (Å²) in [4.78, 5) is 13.5. The Bertz CT molecular complexity index is 293. The zero-order valence-electron chi connectivity index (χ0n) is 10.5. The standard InChI is InChI=1S/C12H23N3O2/c1-12(17)4-5-14-7-10(12)15-6-2-3-9(8-15)11(13)16/h9-10,14,17H,2-8H2,1H3,(H2,13,16). The molecule has 0 bridgehead atoms. The molecule has 5 heteroatoms. The van der Waals surface area contributed by atoms with Crippen LogP contribution in [0.2, 0.25) is 0 Å². The number of nitrogens with one attached hydrogen (secondary N) is 1. The van der Waals surface area contributed by atoms with Crippen molar-refractivity contribution < 1.29 is 9.90 Å². The topological polar surface area (TPSA) is 78.6 Å². The summed E-state index contributed by atoms with van der Waals surface area (Å²) in [5.74, 6) is -0.264. The van der Waals surface area contributed by atoms with Gasteiger partial charge in [-0.05, 0) is 39.3 Å². The van der Waals surface area contributed by atoms with Gasteiger partial charge in [-0.2, -0.15) is 0 Å². The largest absolute Gasteiger partial charge is 0.388 e. The molecule has 3 unspecified atom stereocenters. The van der Waals surface area contributed by atoms with Crippen molar-refractivity contribution in [3.05, 3.63) is 0 Å². The minimum atomic E-state index is -0.662. The van der Waals surface area contributed by atoms with Gasteiger partial charge in [0.25, 0.3) is 0 Å². The third kappa shape index (κ3) is 2.78. The van der Waals surface area contributed by atoms with Crippen LogP contribution in [0.15, 0.2) is 0 Å². The van der Waals surface area contributed by atoms with Crippen LogP contribution in [0.4, 0.5) is 0 Å². The second kappa shape index (κ2) is 4.92. The first-order chi connectivity index (χ1) is 8.00. The highest BCUT2D eigenvalue weighted by atomic mass is 16.3. The number of hydrogen-bond acceptors (Lipinski definition) is 4. The zero-order valence-corrected chi connectivity index (χ0v) is 10.5. The number of hydrogen-bond donors (Lipinski definition) is 3. The van der Waals surface area contributed by atoms with Gasteiger partial charge < -0.3 is 16.2 Å². The second-order valence-electron chi connectivity index (χ2n) is 5.56. The molecule has 2 aliphatic heterocycles. The molecular formula is C12H23N3O2. The first kappa shape index (κ1) is 12.8. The highest BCUT2D eigenvalue weighted by Crippen LogP contribution is 2.27. The van der Waals surface area contributed by atoms with Crippen molar-refractivity contribution in [2.24, 2.45) is 11.7 Å². The minimum absolute atomic E-state index is 0.0542. The number of nitrogens with zero attached hydrogens (tertiary/aromatic N) is 1. The van der Waals surface area contributed by atoms with Crippen molar-refractivity contribution in [1.82, 2.24) is 10.2 Å². The third-order valence-electron chi connectivity index (χ3n) is 4.16. The van der Waals surface area contributed by atoms with E-state index >= 15 is 0 Å². The Morgan fingerprint density at radius 2 is 2.35 bits per heavy atom. The fraction of sp³-hybridized carbons (Fsp3) is 0.917. The van der Waals surface area contributed by atoms with Gasteiger partial charge in [-0.1, -0.05) is 0 Å². The zero-order chi connectivity index (χ0) is 12.5. The van der Waals surface area contributed by atoms with Crippen molar-refractivity contribution in [2.45, 2.75) is 37.8 Å². The van der Waals surface area contributed by atoms with E-state index in [4.69, 9.17) is 5.73 Å². The number of carbonyl (C=O) groups excluding carboxylic acids is 1. The molecule has 0 radical (unpaired) electrons. The van der Waals surface area contributed by atoms with Crippen LogP contribution in [0.1, 0.15) is 26.2 Å². The first-order valence-corrected chi connectivity index (χ1v) is 6.47. The Hall–Kier alpha value is -0.650. The number of carbonyl (C=O) groups is 1. The van der Waals surface area contributed by atoms with Crippen LogP contribution >= 0.6 is 0 Å². The van der Waals surface area contributed by atoms with Gasteiger partial charge in [0, 0.05) is 13.1 Å². The van der Waals surface area contributed by atoms with Gasteiger partial charge in [-0.15, -0.1) is 0 Å². The van der Waals surface area contributed by atoms with Crippen LogP contribution in [0.25, 0.3) is 0 Å². The van der Waals surface area contributed by atoms with E-state index in [9.17, 15) is 9.90 Å². The normalized spacial score (nSPS) is 40.1. The van der Waals surface area contributed by atoms with Crippen LogP contribution in [-0.2, 0) is 4.79 Å². The molecule has 0 spiro atoms. The summed E-state index contributed by atoms with van der Waals surface area (Å²) in [6.07, 6.45) is 2.63. The van der Waals surface area contributed by atoms with E-state index in [2.05, 4.69) is 10.2 Å². The SMILES string of the molecule is CC1(O)CCNCC1N1CCCC(C(N)=O)C1. The molecule has 5 nitrogen and oxygen atoms in total. The van der Waals surface area contributed by atoms with Crippen molar-refractivity contribution in [2.75, 3.05) is 26.2 Å². The van der Waals surface area contributed by atoms with E-state index in [1.165, 1.54) is 0 Å². The minimum Gasteiger partial charge on any atom is -0.388 e. The van der Waals surface area contributed by atoms with E-state index in [1.54, 1.807) is 0 Å². The van der Waals surface area contributed by atoms with E-state index < -0.39 is 5.60 Å². The number of rotatable bonds is 2. The summed E-state index contributed by atoms with van der Waals surface area (Å²) in [6, 6.07) is 0.0957. The molecule has 4 N–H and O–H groups in total. The van der Waals surface area contributed by atoms with E-state index in [0.717, 1.165) is 38.9 Å². The third-order valence-corrected chi connectivity index (χ3v) is 4.16. The monoisotopic (exact) mass is 241 g/mol. The average Bonchev–Trinajstić information content (AvgIpc) is 2.28. The fourth-order valence-electron chi connectivity index (χ4n) is 3.01. The number of nitrogens with two attached hydrogens (primary N) is 1. The number of aliphatic hydroxyl groups is 1. The Labute approximate surface area is 102 Å². The maximum absolute atomic E-state index is 11.3. The van der Waals surface area contributed by atoms with Crippen LogP contribution in [0, 0.1) is 5.92 Å². The van der Waals surface area contributed by atoms with Crippen molar-refractivity contribution in [3.63, 3.8) is 0 Å². The summed E-state index contributed by atoms with van der Waals surface area (Å²) in [5, 5.41) is 13.7. The van der Waals surface area contributed by atoms with E-state index in [-0.39, 0.29) is 17.9 Å². The summed E-state index contributed by atoms with van der Waals surface area (Å²) in [5.41, 5.74) is 4.72. The first-order valence-electron chi connectivity index (χ1n) is 6.47. The van der Waals surface area contributed by atoms with Crippen LogP contribution in [0.3, 0.4) is 0 Å². The number of likely N-dealkylation sites (tertiary alicyclic amines) is 1. The van der Waals surface area contributed by atoms with Crippen molar-refractivity contribution in [3.8, 4) is 0 Å². The van der Waals surface area contributed by atoms with Gasteiger partial charge in [-0.3, -0.25) is 9.69 Å². The fourth-order valence-corrected chi connectivity index (χ4v) is 3.01. The van der Waals surface area contributed by atoms with Gasteiger partial charge in [0.1, 0.15) is 0 Å². The summed E-state index contributed by atoms with van der Waals surface area (Å²) < 4.78 is 0. The molecule has 2 rings (SSSR count). The smallest absolute Gasteiger partial charge is 0.221 e. The average molecular weight is 241 g/mol. The van der Waals surface area contributed by atoms with Gasteiger partial charge in [0.15, 0.2) is 0 Å². The summed E-state index contributed by atoms with van der Waals surface area (Å²) in [6.45, 7) is 5.19. The molecule has 1 amide bonds. The molecule has 0 saturated carbocycles. The quantitative estimate of drug-likeness (QED) is 0.597. The highest BCUT2D eigenvalue weighted by Gasteiger charge is 2.40. The second-order valence-corrected chi connectivity index (χ2v) is 5.56. The lowest BCUT2D eigenvalue weighted by Gasteiger charge is -2.46. The molecule has 2 fully saturated rings. The molecule has 0 aliphatic carbocycles. The van der Waals surface area contributed by atoms with Gasteiger partial charge in [0.05, 0.1) is 17.6 Å². The predicted octanol–water partition coefficient (Wildman–Crippen LogP) is -0.703. The predicted molar refractivity (Wildman–Crippen MR) is 65.4 cm³/mol. The molecule has 17 heavy (non-hydrogen) atoms. The van der Waals surface area contributed by atoms with Crippen molar-refractivity contribution >= 4 is 5.91 Å². The summed E-state index contributed by atoms with van der Waals surface area (Å²) in [7, 11) is 0. The Balaban J connectivity index is 2.03. The molecule has 2 aliphatic rings. The molecule has 98 valence electrons. The lowest BCUT2D eigenvalue weighted by molar-refractivity contribution is -0.125. The van der Waals surface area contributed by atoms with Crippen LogP contribution in [-0.4, -0.2) is 53.7 Å². The molecule has 0 aromatic rings. The Morgan fingerprint density at radius 1 is 1.59 bits per heavy atom. The number of primary amides is 1. The molecule has 2 heterocycles. The molecule has 0 aromatic carbocycles. The van der Waals surface area contributed by atoms with Gasteiger partial charge in [0.2, 0.25) is 5.91 Å². The lowest BCUT2D eigenvalue weighted by Crippen LogP contribution is -2.62. The van der Waals surface area contributed by atoms with E-state index in [0.29, 0.717) is 6.54 Å². The van der Waals surface area contributed by atoms with Crippen LogP contribution in [0.5, 0.6) is 0 Å². The Morgan fingerprint density at radius 3 is 3.00 bits per heavy atom. The molecular weight excluding hydrogens is 218 g/mol. The molecule has 0 aromatic heterocycles. The van der Waals surface area contributed by atoms with Gasteiger partial charge in [-0.25, -0.2) is 0 Å². The highest BCUT2D eigenvalue weighted by molar-refractivity contribution is 5.76. The number of amides is 1.